The Hall–Kier alpha value is -1.31. The molecular weight excluding hydrogens is 266 g/mol. The Bertz CT molecular complexity index is 468. The monoisotopic (exact) mass is 285 g/mol. The Morgan fingerprint density at radius 3 is 2.68 bits per heavy atom. The van der Waals surface area contributed by atoms with E-state index in [0.717, 1.165) is 11.8 Å². The van der Waals surface area contributed by atoms with Gasteiger partial charge in [0.25, 0.3) is 0 Å². The van der Waals surface area contributed by atoms with Gasteiger partial charge in [0, 0.05) is 23.9 Å². The molecule has 1 rings (SSSR count). The second-order valence-electron chi connectivity index (χ2n) is 4.28. The first-order chi connectivity index (χ1) is 8.82. The predicted octanol–water partition coefficient (Wildman–Crippen LogP) is 0.619. The van der Waals surface area contributed by atoms with Crippen molar-refractivity contribution in [1.29, 1.82) is 0 Å². The molecule has 0 spiro atoms. The summed E-state index contributed by atoms with van der Waals surface area (Å²) in [6, 6.07) is 1.52. The number of aromatic nitrogens is 1. The summed E-state index contributed by atoms with van der Waals surface area (Å²) in [6.07, 6.45) is -1.77. The van der Waals surface area contributed by atoms with Gasteiger partial charge in [-0.15, -0.1) is 0 Å². The van der Waals surface area contributed by atoms with E-state index in [1.54, 1.807) is 6.92 Å². The van der Waals surface area contributed by atoms with E-state index >= 15 is 0 Å². The predicted molar refractivity (Wildman–Crippen MR) is 76.5 cm³/mol. The lowest BCUT2D eigenvalue weighted by Crippen LogP contribution is -2.21. The highest BCUT2D eigenvalue weighted by Crippen LogP contribution is 2.26. The number of anilines is 2. The number of carbonyl (C=O) groups excluding carboxylic acids is 1. The Morgan fingerprint density at radius 1 is 1.47 bits per heavy atom. The molecule has 6 nitrogen and oxygen atoms in total. The normalized spacial score (nSPS) is 14.1. The van der Waals surface area contributed by atoms with E-state index < -0.39 is 12.2 Å². The molecule has 0 fully saturated rings. The van der Waals surface area contributed by atoms with Crippen molar-refractivity contribution in [1.82, 2.24) is 4.98 Å². The summed E-state index contributed by atoms with van der Waals surface area (Å²) in [6.45, 7) is 3.15. The molecule has 0 bridgehead atoms. The second kappa shape index (κ2) is 6.74. The van der Waals surface area contributed by atoms with Crippen molar-refractivity contribution in [2.24, 2.45) is 0 Å². The first kappa shape index (κ1) is 15.7. The fraction of sp³-hybridized carbons (Fsp3) is 0.500. The number of aliphatic hydroxyl groups is 2. The number of nitrogens with two attached hydrogens (primary N) is 2. The molecule has 0 saturated heterocycles. The first-order valence-corrected chi connectivity index (χ1v) is 6.83. The molecule has 0 radical (unpaired) electrons. The molecule has 6 N–H and O–H groups in total. The van der Waals surface area contributed by atoms with Crippen LogP contribution in [0, 0.1) is 6.92 Å². The van der Waals surface area contributed by atoms with Crippen LogP contribution in [0.5, 0.6) is 0 Å². The van der Waals surface area contributed by atoms with Gasteiger partial charge in [-0.05, 0) is 19.4 Å². The molecule has 2 atom stereocenters. The lowest BCUT2D eigenvalue weighted by atomic mass is 10.0. The van der Waals surface area contributed by atoms with E-state index in [1.807, 2.05) is 0 Å². The average molecular weight is 285 g/mol. The number of carbonyl (C=O) groups is 1. The van der Waals surface area contributed by atoms with Crippen LogP contribution in [0.25, 0.3) is 0 Å². The molecule has 19 heavy (non-hydrogen) atoms. The Morgan fingerprint density at radius 2 is 2.11 bits per heavy atom. The molecule has 0 amide bonds. The van der Waals surface area contributed by atoms with Gasteiger partial charge in [-0.25, -0.2) is 4.98 Å². The maximum atomic E-state index is 10.8. The molecule has 106 valence electrons. The van der Waals surface area contributed by atoms with Gasteiger partial charge >= 0.3 is 0 Å². The van der Waals surface area contributed by atoms with Gasteiger partial charge in [-0.1, -0.05) is 11.8 Å². The summed E-state index contributed by atoms with van der Waals surface area (Å²) in [5.74, 6) is 0.653. The van der Waals surface area contributed by atoms with Crippen LogP contribution in [0.3, 0.4) is 0 Å². The fourth-order valence-corrected chi connectivity index (χ4v) is 2.29. The Labute approximate surface area is 116 Å². The quantitative estimate of drug-likeness (QED) is 0.625. The van der Waals surface area contributed by atoms with Gasteiger partial charge in [0.1, 0.15) is 11.9 Å². The molecular formula is C12H19N3O3S. The number of pyridine rings is 1. The fourth-order valence-electron chi connectivity index (χ4n) is 1.64. The van der Waals surface area contributed by atoms with Crippen molar-refractivity contribution in [2.45, 2.75) is 32.5 Å². The minimum absolute atomic E-state index is 0.0173. The van der Waals surface area contributed by atoms with Gasteiger partial charge in [-0.3, -0.25) is 4.79 Å². The maximum Gasteiger partial charge on any atom is 0.185 e. The second-order valence-corrected chi connectivity index (χ2v) is 5.55. The zero-order valence-corrected chi connectivity index (χ0v) is 11.8. The van der Waals surface area contributed by atoms with E-state index in [9.17, 15) is 15.0 Å². The van der Waals surface area contributed by atoms with Gasteiger partial charge in [0.15, 0.2) is 5.12 Å². The molecule has 1 aromatic heterocycles. The third kappa shape index (κ3) is 4.38. The third-order valence-electron chi connectivity index (χ3n) is 2.71. The van der Waals surface area contributed by atoms with Gasteiger partial charge in [-0.2, -0.15) is 0 Å². The molecule has 0 aromatic carbocycles. The Kier molecular flexibility index (Phi) is 5.59. The number of hydrogen-bond donors (Lipinski definition) is 4. The summed E-state index contributed by atoms with van der Waals surface area (Å²) in [5, 5.41) is 19.9. The van der Waals surface area contributed by atoms with Crippen molar-refractivity contribution in [3.63, 3.8) is 0 Å². The van der Waals surface area contributed by atoms with Crippen LogP contribution in [0.1, 0.15) is 30.7 Å². The Balaban J connectivity index is 2.73. The van der Waals surface area contributed by atoms with E-state index in [0.29, 0.717) is 23.4 Å². The molecule has 0 aliphatic heterocycles. The largest absolute Gasteiger partial charge is 0.396 e. The van der Waals surface area contributed by atoms with Crippen molar-refractivity contribution in [3.8, 4) is 0 Å². The van der Waals surface area contributed by atoms with Crippen molar-refractivity contribution in [3.05, 3.63) is 17.3 Å². The van der Waals surface area contributed by atoms with Crippen molar-refractivity contribution < 1.29 is 15.0 Å². The van der Waals surface area contributed by atoms with E-state index in [2.05, 4.69) is 4.98 Å². The third-order valence-corrected chi connectivity index (χ3v) is 3.56. The molecule has 1 aromatic rings. The summed E-state index contributed by atoms with van der Waals surface area (Å²) in [5.41, 5.74) is 12.4. The lowest BCUT2D eigenvalue weighted by Gasteiger charge is -2.20. The van der Waals surface area contributed by atoms with Crippen LogP contribution >= 0.6 is 11.8 Å². The standard InChI is InChI=1S/C12H19N3O3S/c1-6-8(5-9(13)12(14)15-6)11(18)10(17)3-4-19-7(2)16/h5,10-11,17-18H,3-4,13H2,1-2H3,(H2,14,15). The van der Waals surface area contributed by atoms with Crippen LogP contribution in [-0.2, 0) is 4.79 Å². The average Bonchev–Trinajstić information content (AvgIpc) is 2.32. The van der Waals surface area contributed by atoms with E-state index in [4.69, 9.17) is 11.5 Å². The van der Waals surface area contributed by atoms with Crippen LogP contribution < -0.4 is 11.5 Å². The molecule has 7 heteroatoms. The molecule has 0 aliphatic rings. The van der Waals surface area contributed by atoms with Crippen molar-refractivity contribution >= 4 is 28.4 Å². The zero-order chi connectivity index (χ0) is 14.6. The summed E-state index contributed by atoms with van der Waals surface area (Å²) < 4.78 is 0. The highest BCUT2D eigenvalue weighted by molar-refractivity contribution is 8.13. The van der Waals surface area contributed by atoms with Crippen LogP contribution in [0.15, 0.2) is 6.07 Å². The summed E-state index contributed by atoms with van der Waals surface area (Å²) >= 11 is 1.11. The van der Waals surface area contributed by atoms with E-state index in [1.165, 1.54) is 13.0 Å². The smallest absolute Gasteiger partial charge is 0.185 e. The zero-order valence-electron chi connectivity index (χ0n) is 11.0. The number of rotatable bonds is 5. The van der Waals surface area contributed by atoms with Gasteiger partial charge in [0.2, 0.25) is 0 Å². The highest BCUT2D eigenvalue weighted by atomic mass is 32.2. The van der Waals surface area contributed by atoms with Crippen LogP contribution in [-0.4, -0.2) is 32.2 Å². The van der Waals surface area contributed by atoms with Gasteiger partial charge in [0.05, 0.1) is 11.8 Å². The van der Waals surface area contributed by atoms with E-state index in [-0.39, 0.29) is 16.6 Å². The minimum atomic E-state index is -1.09. The maximum absolute atomic E-state index is 10.8. The first-order valence-electron chi connectivity index (χ1n) is 5.85. The van der Waals surface area contributed by atoms with Gasteiger partial charge < -0.3 is 21.7 Å². The molecule has 1 heterocycles. The number of aryl methyl sites for hydroxylation is 1. The number of nitrogen functional groups attached to an aromatic ring is 2. The number of aliphatic hydroxyl groups excluding tert-OH is 2. The molecule has 0 aliphatic carbocycles. The molecule has 2 unspecified atom stereocenters. The molecule has 0 saturated carbocycles. The number of thioether (sulfide) groups is 1. The summed E-state index contributed by atoms with van der Waals surface area (Å²) in [7, 11) is 0. The SMILES string of the molecule is CC(=O)SCCC(O)C(O)c1cc(N)c(N)nc1C. The highest BCUT2D eigenvalue weighted by Gasteiger charge is 2.21. The topological polar surface area (TPSA) is 122 Å². The number of hydrogen-bond acceptors (Lipinski definition) is 7. The minimum Gasteiger partial charge on any atom is -0.396 e. The lowest BCUT2D eigenvalue weighted by molar-refractivity contribution is -0.109. The van der Waals surface area contributed by atoms with Crippen molar-refractivity contribution in [2.75, 3.05) is 17.2 Å². The van der Waals surface area contributed by atoms with Crippen LogP contribution in [0.2, 0.25) is 0 Å². The summed E-state index contributed by atoms with van der Waals surface area (Å²) in [4.78, 5) is 14.8. The number of nitrogens with zero attached hydrogens (tertiary/aromatic N) is 1. The van der Waals surface area contributed by atoms with Crippen LogP contribution in [0.4, 0.5) is 11.5 Å².